The predicted octanol–water partition coefficient (Wildman–Crippen LogP) is 2.28. The third-order valence-electron chi connectivity index (χ3n) is 4.71. The minimum absolute atomic E-state index is 0.0939. The van der Waals surface area contributed by atoms with Gasteiger partial charge in [0.05, 0.1) is 6.42 Å². The van der Waals surface area contributed by atoms with Gasteiger partial charge in [0.15, 0.2) is 0 Å². The van der Waals surface area contributed by atoms with Crippen LogP contribution in [-0.2, 0) is 17.8 Å². The SMILES string of the molecule is CN(C)C1(CNCc2ccccc2CC(=O)O)CCCC1. The number of likely N-dealkylation sites (N-methyl/N-ethyl adjacent to an activating group) is 1. The Morgan fingerprint density at radius 1 is 1.24 bits per heavy atom. The van der Waals surface area contributed by atoms with E-state index in [1.165, 1.54) is 25.7 Å². The molecule has 0 saturated heterocycles. The van der Waals surface area contributed by atoms with Crippen molar-refractivity contribution < 1.29 is 9.90 Å². The van der Waals surface area contributed by atoms with Gasteiger partial charge < -0.3 is 15.3 Å². The summed E-state index contributed by atoms with van der Waals surface area (Å²) in [7, 11) is 4.32. The molecule has 0 amide bonds. The molecule has 0 unspecified atom stereocenters. The molecule has 0 spiro atoms. The Bertz CT molecular complexity index is 479. The molecule has 0 aromatic heterocycles. The van der Waals surface area contributed by atoms with Crippen molar-refractivity contribution >= 4 is 5.97 Å². The van der Waals surface area contributed by atoms with E-state index in [2.05, 4.69) is 24.3 Å². The van der Waals surface area contributed by atoms with Crippen molar-refractivity contribution in [1.29, 1.82) is 0 Å². The molecule has 0 radical (unpaired) electrons. The third-order valence-corrected chi connectivity index (χ3v) is 4.71. The Morgan fingerprint density at radius 3 is 2.43 bits per heavy atom. The van der Waals surface area contributed by atoms with Gasteiger partial charge in [-0.05, 0) is 38.1 Å². The number of hydrogen-bond acceptors (Lipinski definition) is 3. The average molecular weight is 290 g/mol. The molecule has 21 heavy (non-hydrogen) atoms. The average Bonchev–Trinajstić information content (AvgIpc) is 2.90. The van der Waals surface area contributed by atoms with Crippen molar-refractivity contribution in [2.75, 3.05) is 20.6 Å². The first kappa shape index (κ1) is 16.0. The second-order valence-electron chi connectivity index (χ2n) is 6.27. The zero-order valence-electron chi connectivity index (χ0n) is 13.1. The van der Waals surface area contributed by atoms with Gasteiger partial charge in [0.2, 0.25) is 0 Å². The van der Waals surface area contributed by atoms with Crippen LogP contribution in [0.5, 0.6) is 0 Å². The zero-order chi connectivity index (χ0) is 15.3. The Balaban J connectivity index is 1.95. The van der Waals surface area contributed by atoms with E-state index < -0.39 is 5.97 Å². The van der Waals surface area contributed by atoms with Gasteiger partial charge in [-0.1, -0.05) is 37.1 Å². The first-order chi connectivity index (χ1) is 10.0. The van der Waals surface area contributed by atoms with Crippen molar-refractivity contribution in [3.63, 3.8) is 0 Å². The molecule has 0 heterocycles. The van der Waals surface area contributed by atoms with Crippen LogP contribution >= 0.6 is 0 Å². The van der Waals surface area contributed by atoms with Gasteiger partial charge >= 0.3 is 5.97 Å². The second-order valence-corrected chi connectivity index (χ2v) is 6.27. The fraction of sp³-hybridized carbons (Fsp3) is 0.588. The highest BCUT2D eigenvalue weighted by molar-refractivity contribution is 5.70. The summed E-state index contributed by atoms with van der Waals surface area (Å²) in [5.74, 6) is -0.775. The molecule has 1 saturated carbocycles. The maximum Gasteiger partial charge on any atom is 0.307 e. The smallest absolute Gasteiger partial charge is 0.307 e. The summed E-state index contributed by atoms with van der Waals surface area (Å²) in [6, 6.07) is 7.80. The summed E-state index contributed by atoms with van der Waals surface area (Å²) >= 11 is 0. The Hall–Kier alpha value is -1.39. The molecule has 1 aliphatic carbocycles. The molecule has 4 nitrogen and oxygen atoms in total. The van der Waals surface area contributed by atoms with E-state index in [1.807, 2.05) is 24.3 Å². The molecule has 2 rings (SSSR count). The number of nitrogens with one attached hydrogen (secondary N) is 1. The minimum Gasteiger partial charge on any atom is -0.481 e. The number of hydrogen-bond donors (Lipinski definition) is 2. The highest BCUT2D eigenvalue weighted by atomic mass is 16.4. The Labute approximate surface area is 127 Å². The summed E-state index contributed by atoms with van der Waals surface area (Å²) < 4.78 is 0. The van der Waals surface area contributed by atoms with E-state index in [1.54, 1.807) is 0 Å². The molecular weight excluding hydrogens is 264 g/mol. The van der Waals surface area contributed by atoms with Gasteiger partial charge in [0.25, 0.3) is 0 Å². The first-order valence-corrected chi connectivity index (χ1v) is 7.70. The molecule has 0 aliphatic heterocycles. The predicted molar refractivity (Wildman–Crippen MR) is 84.4 cm³/mol. The number of nitrogens with zero attached hydrogens (tertiary/aromatic N) is 1. The van der Waals surface area contributed by atoms with E-state index >= 15 is 0 Å². The van der Waals surface area contributed by atoms with Gasteiger partial charge in [-0.15, -0.1) is 0 Å². The van der Waals surface area contributed by atoms with Crippen LogP contribution in [0.1, 0.15) is 36.8 Å². The maximum atomic E-state index is 10.9. The summed E-state index contributed by atoms with van der Waals surface area (Å²) in [5, 5.41) is 12.5. The number of rotatable bonds is 7. The van der Waals surface area contributed by atoms with Crippen LogP contribution in [0, 0.1) is 0 Å². The highest BCUT2D eigenvalue weighted by Gasteiger charge is 2.35. The van der Waals surface area contributed by atoms with E-state index in [9.17, 15) is 4.79 Å². The van der Waals surface area contributed by atoms with Crippen LogP contribution in [0.25, 0.3) is 0 Å². The minimum atomic E-state index is -0.775. The van der Waals surface area contributed by atoms with Gasteiger partial charge in [-0.2, -0.15) is 0 Å². The molecule has 1 fully saturated rings. The lowest BCUT2D eigenvalue weighted by molar-refractivity contribution is -0.136. The zero-order valence-corrected chi connectivity index (χ0v) is 13.1. The van der Waals surface area contributed by atoms with Gasteiger partial charge in [-0.25, -0.2) is 0 Å². The molecule has 1 aromatic rings. The molecule has 1 aromatic carbocycles. The molecule has 2 N–H and O–H groups in total. The van der Waals surface area contributed by atoms with Gasteiger partial charge in [0.1, 0.15) is 0 Å². The number of aliphatic carboxylic acids is 1. The van der Waals surface area contributed by atoms with E-state index in [0.717, 1.165) is 24.2 Å². The van der Waals surface area contributed by atoms with Gasteiger partial charge in [-0.3, -0.25) is 4.79 Å². The second kappa shape index (κ2) is 7.05. The van der Waals surface area contributed by atoms with Crippen molar-refractivity contribution in [2.24, 2.45) is 0 Å². The lowest BCUT2D eigenvalue weighted by Crippen LogP contribution is -2.49. The number of carboxylic acids is 1. The number of benzene rings is 1. The largest absolute Gasteiger partial charge is 0.481 e. The molecule has 116 valence electrons. The number of carboxylic acid groups (broad SMARTS) is 1. The summed E-state index contributed by atoms with van der Waals surface area (Å²) in [5.41, 5.74) is 2.26. The van der Waals surface area contributed by atoms with Crippen molar-refractivity contribution in [2.45, 2.75) is 44.2 Å². The van der Waals surface area contributed by atoms with E-state index in [-0.39, 0.29) is 12.0 Å². The van der Waals surface area contributed by atoms with Crippen molar-refractivity contribution in [3.05, 3.63) is 35.4 Å². The first-order valence-electron chi connectivity index (χ1n) is 7.70. The monoisotopic (exact) mass is 290 g/mol. The van der Waals surface area contributed by atoms with Crippen LogP contribution in [-0.4, -0.2) is 42.2 Å². The summed E-state index contributed by atoms with van der Waals surface area (Å²) in [6.45, 7) is 1.69. The lowest BCUT2D eigenvalue weighted by atomic mass is 9.95. The molecule has 1 aliphatic rings. The summed E-state index contributed by atoms with van der Waals surface area (Å²) in [4.78, 5) is 13.3. The third kappa shape index (κ3) is 4.05. The fourth-order valence-corrected chi connectivity index (χ4v) is 3.31. The van der Waals surface area contributed by atoms with Crippen LogP contribution in [0.3, 0.4) is 0 Å². The lowest BCUT2D eigenvalue weighted by Gasteiger charge is -2.36. The van der Waals surface area contributed by atoms with Gasteiger partial charge in [0, 0.05) is 18.6 Å². The number of carbonyl (C=O) groups is 1. The van der Waals surface area contributed by atoms with Crippen LogP contribution in [0.2, 0.25) is 0 Å². The molecule has 4 heteroatoms. The summed E-state index contributed by atoms with van der Waals surface area (Å²) in [6.07, 6.45) is 5.18. The maximum absolute atomic E-state index is 10.9. The normalized spacial score (nSPS) is 17.3. The Morgan fingerprint density at radius 2 is 1.86 bits per heavy atom. The van der Waals surface area contributed by atoms with Crippen molar-refractivity contribution in [3.8, 4) is 0 Å². The van der Waals surface area contributed by atoms with E-state index in [4.69, 9.17) is 5.11 Å². The van der Waals surface area contributed by atoms with Crippen LogP contribution < -0.4 is 5.32 Å². The van der Waals surface area contributed by atoms with E-state index in [0.29, 0.717) is 0 Å². The molecule has 0 atom stereocenters. The molecule has 0 bridgehead atoms. The quantitative estimate of drug-likeness (QED) is 0.809. The fourth-order valence-electron chi connectivity index (χ4n) is 3.31. The molecular formula is C17H26N2O2. The van der Waals surface area contributed by atoms with Crippen LogP contribution in [0.4, 0.5) is 0 Å². The highest BCUT2D eigenvalue weighted by Crippen LogP contribution is 2.33. The standard InChI is InChI=1S/C17H26N2O2/c1-19(2)17(9-5-6-10-17)13-18-12-15-8-4-3-7-14(15)11-16(20)21/h3-4,7-8,18H,5-6,9-13H2,1-2H3,(H,20,21). The topological polar surface area (TPSA) is 52.6 Å². The van der Waals surface area contributed by atoms with Crippen LogP contribution in [0.15, 0.2) is 24.3 Å². The van der Waals surface area contributed by atoms with Crippen molar-refractivity contribution in [1.82, 2.24) is 10.2 Å². The Kier molecular flexibility index (Phi) is 5.37.